The van der Waals surface area contributed by atoms with Crippen LogP contribution in [0.4, 0.5) is 0 Å². The molecular weight excluding hydrogens is 278 g/mol. The van der Waals surface area contributed by atoms with Crippen LogP contribution in [0.1, 0.15) is 16.7 Å². The maximum Gasteiger partial charge on any atom is 0.238 e. The van der Waals surface area contributed by atoms with Crippen LogP contribution >= 0.6 is 0 Å². The van der Waals surface area contributed by atoms with E-state index in [0.717, 1.165) is 48.3 Å². The summed E-state index contributed by atoms with van der Waals surface area (Å²) in [5, 5.41) is 3.07. The smallest absolute Gasteiger partial charge is 0.238 e. The van der Waals surface area contributed by atoms with Crippen molar-refractivity contribution < 1.29 is 9.21 Å². The van der Waals surface area contributed by atoms with Gasteiger partial charge in [0.15, 0.2) is 0 Å². The molecule has 0 aliphatic carbocycles. The molecule has 0 unspecified atom stereocenters. The molecule has 5 heteroatoms. The van der Waals surface area contributed by atoms with E-state index < -0.39 is 0 Å². The average Bonchev–Trinajstić information content (AvgIpc) is 2.84. The van der Waals surface area contributed by atoms with E-state index in [1.165, 1.54) is 5.56 Å². The Labute approximate surface area is 130 Å². The van der Waals surface area contributed by atoms with Gasteiger partial charge in [-0.25, -0.2) is 5.01 Å². The lowest BCUT2D eigenvalue weighted by atomic mass is 10.0. The number of hydrogen-bond donors (Lipinski definition) is 1. The Hall–Kier alpha value is -1.85. The van der Waals surface area contributed by atoms with Crippen molar-refractivity contribution in [3.63, 3.8) is 0 Å². The maximum absolute atomic E-state index is 12.3. The molecule has 1 amide bonds. The number of piperazine rings is 1. The van der Waals surface area contributed by atoms with Crippen molar-refractivity contribution >= 4 is 16.9 Å². The van der Waals surface area contributed by atoms with Crippen LogP contribution in [0.2, 0.25) is 0 Å². The number of amides is 1. The Morgan fingerprint density at radius 3 is 2.68 bits per heavy atom. The lowest BCUT2D eigenvalue weighted by Crippen LogP contribution is -2.52. The monoisotopic (exact) mass is 301 g/mol. The fraction of sp³-hybridized carbons (Fsp3) is 0.471. The minimum atomic E-state index is 0.0206. The average molecular weight is 301 g/mol. The van der Waals surface area contributed by atoms with Crippen molar-refractivity contribution in [3.8, 4) is 0 Å². The summed E-state index contributed by atoms with van der Waals surface area (Å²) >= 11 is 0. The number of rotatable bonds is 3. The Morgan fingerprint density at radius 1 is 1.23 bits per heavy atom. The van der Waals surface area contributed by atoms with Crippen molar-refractivity contribution in [2.75, 3.05) is 33.2 Å². The van der Waals surface area contributed by atoms with E-state index >= 15 is 0 Å². The van der Waals surface area contributed by atoms with Gasteiger partial charge in [-0.2, -0.15) is 0 Å². The van der Waals surface area contributed by atoms with Gasteiger partial charge in [-0.05, 0) is 38.1 Å². The molecule has 2 heterocycles. The number of hydrogen-bond acceptors (Lipinski definition) is 4. The second kappa shape index (κ2) is 6.10. The summed E-state index contributed by atoms with van der Waals surface area (Å²) in [7, 11) is 2.10. The molecule has 2 aromatic rings. The Balaban J connectivity index is 1.69. The first kappa shape index (κ1) is 15.1. The van der Waals surface area contributed by atoms with E-state index in [2.05, 4.69) is 37.3 Å². The highest BCUT2D eigenvalue weighted by molar-refractivity contribution is 5.90. The quantitative estimate of drug-likeness (QED) is 0.940. The zero-order valence-corrected chi connectivity index (χ0v) is 13.5. The zero-order valence-electron chi connectivity index (χ0n) is 13.5. The summed E-state index contributed by atoms with van der Waals surface area (Å²) in [6.45, 7) is 7.81. The highest BCUT2D eigenvalue weighted by Crippen LogP contribution is 2.26. The van der Waals surface area contributed by atoms with Gasteiger partial charge in [0.2, 0.25) is 5.91 Å². The third-order valence-corrected chi connectivity index (χ3v) is 4.23. The first-order chi connectivity index (χ1) is 10.5. The molecule has 0 radical (unpaired) electrons. The number of carbonyl (C=O) groups is 1. The molecule has 1 saturated heterocycles. The van der Waals surface area contributed by atoms with Crippen molar-refractivity contribution in [1.29, 1.82) is 0 Å². The molecule has 3 rings (SSSR count). The first-order valence-corrected chi connectivity index (χ1v) is 7.73. The fourth-order valence-corrected chi connectivity index (χ4v) is 3.06. The van der Waals surface area contributed by atoms with Gasteiger partial charge in [-0.15, -0.1) is 0 Å². The van der Waals surface area contributed by atoms with Crippen LogP contribution < -0.4 is 5.43 Å². The number of nitrogens with one attached hydrogen (secondary N) is 1. The van der Waals surface area contributed by atoms with Crippen molar-refractivity contribution in [3.05, 3.63) is 35.1 Å². The molecule has 0 spiro atoms. The van der Waals surface area contributed by atoms with Gasteiger partial charge >= 0.3 is 0 Å². The summed E-state index contributed by atoms with van der Waals surface area (Å²) in [5.41, 5.74) is 7.15. The Bertz CT molecular complexity index is 685. The van der Waals surface area contributed by atoms with Crippen molar-refractivity contribution in [1.82, 2.24) is 15.3 Å². The molecule has 1 N–H and O–H groups in total. The van der Waals surface area contributed by atoms with Crippen LogP contribution in [0.15, 0.2) is 22.8 Å². The second-order valence-electron chi connectivity index (χ2n) is 6.22. The number of fused-ring (bicyclic) bond motifs is 1. The minimum absolute atomic E-state index is 0.0206. The number of carbonyl (C=O) groups excluding carboxylic acids is 1. The van der Waals surface area contributed by atoms with Crippen molar-refractivity contribution in [2.45, 2.75) is 20.3 Å². The van der Waals surface area contributed by atoms with Crippen molar-refractivity contribution in [2.24, 2.45) is 0 Å². The number of benzene rings is 1. The summed E-state index contributed by atoms with van der Waals surface area (Å²) in [6, 6.07) is 4.14. The zero-order chi connectivity index (χ0) is 15.7. The van der Waals surface area contributed by atoms with E-state index in [0.29, 0.717) is 6.42 Å². The van der Waals surface area contributed by atoms with Crippen LogP contribution in [0.5, 0.6) is 0 Å². The van der Waals surface area contributed by atoms with Gasteiger partial charge in [0.25, 0.3) is 0 Å². The maximum atomic E-state index is 12.3. The molecule has 5 nitrogen and oxygen atoms in total. The molecule has 118 valence electrons. The third kappa shape index (κ3) is 3.15. The molecule has 0 bridgehead atoms. The van der Waals surface area contributed by atoms with Crippen LogP contribution in [0.3, 0.4) is 0 Å². The molecule has 0 atom stereocenters. The number of nitrogens with zero attached hydrogens (tertiary/aromatic N) is 2. The molecule has 22 heavy (non-hydrogen) atoms. The number of aryl methyl sites for hydroxylation is 2. The van der Waals surface area contributed by atoms with Gasteiger partial charge < -0.3 is 9.32 Å². The van der Waals surface area contributed by atoms with E-state index in [-0.39, 0.29) is 5.91 Å². The SMILES string of the molecule is Cc1cc(C)c2c(CC(=O)NN3CCN(C)CC3)coc2c1. The van der Waals surface area contributed by atoms with Crippen LogP contribution in [0, 0.1) is 13.8 Å². The predicted molar refractivity (Wildman–Crippen MR) is 86.6 cm³/mol. The summed E-state index contributed by atoms with van der Waals surface area (Å²) < 4.78 is 5.62. The summed E-state index contributed by atoms with van der Waals surface area (Å²) in [4.78, 5) is 14.5. The second-order valence-corrected chi connectivity index (χ2v) is 6.22. The standard InChI is InChI=1S/C17H23N3O2/c1-12-8-13(2)17-14(11-22-15(17)9-12)10-16(21)18-20-6-4-19(3)5-7-20/h8-9,11H,4-7,10H2,1-3H3,(H,18,21). The molecule has 1 aromatic carbocycles. The number of likely N-dealkylation sites (N-methyl/N-ethyl adjacent to an activating group) is 1. The van der Waals surface area contributed by atoms with E-state index in [1.54, 1.807) is 6.26 Å². The fourth-order valence-electron chi connectivity index (χ4n) is 3.06. The Kier molecular flexibility index (Phi) is 4.18. The van der Waals surface area contributed by atoms with Crippen LogP contribution in [-0.4, -0.2) is 49.0 Å². The number of hydrazine groups is 1. The molecule has 1 aromatic heterocycles. The Morgan fingerprint density at radius 2 is 1.95 bits per heavy atom. The minimum Gasteiger partial charge on any atom is -0.464 e. The van der Waals surface area contributed by atoms with E-state index in [9.17, 15) is 4.79 Å². The topological polar surface area (TPSA) is 48.7 Å². The predicted octanol–water partition coefficient (Wildman–Crippen LogP) is 1.87. The summed E-state index contributed by atoms with van der Waals surface area (Å²) in [5.74, 6) is 0.0206. The molecule has 1 fully saturated rings. The highest BCUT2D eigenvalue weighted by Gasteiger charge is 2.17. The first-order valence-electron chi connectivity index (χ1n) is 7.73. The third-order valence-electron chi connectivity index (χ3n) is 4.23. The van der Waals surface area contributed by atoms with Gasteiger partial charge in [-0.1, -0.05) is 6.07 Å². The van der Waals surface area contributed by atoms with Gasteiger partial charge in [0.1, 0.15) is 5.58 Å². The lowest BCUT2D eigenvalue weighted by Gasteiger charge is -2.32. The van der Waals surface area contributed by atoms with E-state index in [1.807, 2.05) is 11.1 Å². The van der Waals surface area contributed by atoms with Crippen LogP contribution in [-0.2, 0) is 11.2 Å². The lowest BCUT2D eigenvalue weighted by molar-refractivity contribution is -0.126. The molecular formula is C17H23N3O2. The summed E-state index contributed by atoms with van der Waals surface area (Å²) in [6.07, 6.45) is 2.06. The highest BCUT2D eigenvalue weighted by atomic mass is 16.3. The van der Waals surface area contributed by atoms with Gasteiger partial charge in [-0.3, -0.25) is 10.2 Å². The van der Waals surface area contributed by atoms with Crippen LogP contribution in [0.25, 0.3) is 11.0 Å². The van der Waals surface area contributed by atoms with E-state index in [4.69, 9.17) is 4.42 Å². The van der Waals surface area contributed by atoms with Gasteiger partial charge in [0, 0.05) is 37.1 Å². The molecule has 0 saturated carbocycles. The normalized spacial score (nSPS) is 17.0. The van der Waals surface area contributed by atoms with Gasteiger partial charge in [0.05, 0.1) is 12.7 Å². The molecule has 1 aliphatic rings. The molecule has 1 aliphatic heterocycles. The largest absolute Gasteiger partial charge is 0.464 e. The number of furan rings is 1.